The summed E-state index contributed by atoms with van der Waals surface area (Å²) >= 11 is 0. The molecule has 0 aromatic heterocycles. The Hall–Kier alpha value is -0.770. The Morgan fingerprint density at radius 1 is 1.33 bits per heavy atom. The van der Waals surface area contributed by atoms with Gasteiger partial charge in [0.1, 0.15) is 5.75 Å². The third-order valence-corrected chi connectivity index (χ3v) is 2.47. The molecule has 0 saturated heterocycles. The van der Waals surface area contributed by atoms with Gasteiger partial charge in [-0.1, -0.05) is 12.1 Å². The molecule has 18 heavy (non-hydrogen) atoms. The number of hydrogen-bond acceptors (Lipinski definition) is 3. The molecule has 0 amide bonds. The van der Waals surface area contributed by atoms with Gasteiger partial charge in [0.15, 0.2) is 0 Å². The third-order valence-electron chi connectivity index (χ3n) is 2.47. The number of ether oxygens (including phenoxy) is 1. The summed E-state index contributed by atoms with van der Waals surface area (Å²) in [5.74, 6) is 0.965. The lowest BCUT2D eigenvalue weighted by Crippen LogP contribution is -2.19. The first-order valence-electron chi connectivity index (χ1n) is 6.17. The van der Waals surface area contributed by atoms with E-state index in [2.05, 4.69) is 37.2 Å². The van der Waals surface area contributed by atoms with E-state index in [4.69, 9.17) is 10.5 Å². The van der Waals surface area contributed by atoms with Crippen molar-refractivity contribution < 1.29 is 4.74 Å². The van der Waals surface area contributed by atoms with E-state index >= 15 is 0 Å². The topological polar surface area (TPSA) is 38.5 Å². The molecule has 0 saturated carbocycles. The maximum atomic E-state index is 5.87. The van der Waals surface area contributed by atoms with Gasteiger partial charge in [0.05, 0.1) is 6.61 Å². The second-order valence-electron chi connectivity index (χ2n) is 4.79. The van der Waals surface area contributed by atoms with Crippen molar-refractivity contribution in [3.05, 3.63) is 29.3 Å². The lowest BCUT2D eigenvalue weighted by atomic mass is 10.0. The summed E-state index contributed by atoms with van der Waals surface area (Å²) in [4.78, 5) is 2.16. The molecule has 0 spiro atoms. The van der Waals surface area contributed by atoms with Crippen LogP contribution in [-0.4, -0.2) is 31.6 Å². The normalized spacial score (nSPS) is 12.1. The van der Waals surface area contributed by atoms with Crippen molar-refractivity contribution in [2.45, 2.75) is 32.9 Å². The zero-order valence-corrected chi connectivity index (χ0v) is 12.6. The first kappa shape index (κ1) is 17.2. The minimum absolute atomic E-state index is 0. The first-order chi connectivity index (χ1) is 8.02. The largest absolute Gasteiger partial charge is 0.494 e. The Labute approximate surface area is 117 Å². The average Bonchev–Trinajstić information content (AvgIpc) is 2.20. The standard InChI is InChI=1S/C14H24N2O.ClH/c1-5-17-14-7-6-12(10-16(3)4)9-13(14)8-11(2)15;/h6-7,9,11H,5,8,10,15H2,1-4H3;1H. The summed E-state index contributed by atoms with van der Waals surface area (Å²) in [6, 6.07) is 6.54. The van der Waals surface area contributed by atoms with Gasteiger partial charge in [-0.05, 0) is 51.6 Å². The Morgan fingerprint density at radius 3 is 2.50 bits per heavy atom. The Bertz CT molecular complexity index is 354. The van der Waals surface area contributed by atoms with Crippen molar-refractivity contribution in [3.63, 3.8) is 0 Å². The first-order valence-corrected chi connectivity index (χ1v) is 6.17. The van der Waals surface area contributed by atoms with Crippen LogP contribution >= 0.6 is 12.4 Å². The molecular formula is C14H25ClN2O. The highest BCUT2D eigenvalue weighted by Crippen LogP contribution is 2.22. The molecule has 0 bridgehead atoms. The molecule has 0 heterocycles. The molecule has 0 aliphatic carbocycles. The lowest BCUT2D eigenvalue weighted by Gasteiger charge is -2.15. The minimum atomic E-state index is 0. The van der Waals surface area contributed by atoms with Crippen LogP contribution in [0.4, 0.5) is 0 Å². The number of halogens is 1. The molecular weight excluding hydrogens is 248 g/mol. The van der Waals surface area contributed by atoms with Gasteiger partial charge in [0.25, 0.3) is 0 Å². The summed E-state index contributed by atoms with van der Waals surface area (Å²) in [6.07, 6.45) is 0.858. The van der Waals surface area contributed by atoms with Gasteiger partial charge < -0.3 is 15.4 Å². The molecule has 0 fully saturated rings. The van der Waals surface area contributed by atoms with Crippen molar-refractivity contribution in [1.29, 1.82) is 0 Å². The zero-order chi connectivity index (χ0) is 12.8. The van der Waals surface area contributed by atoms with E-state index in [-0.39, 0.29) is 18.4 Å². The van der Waals surface area contributed by atoms with Gasteiger partial charge >= 0.3 is 0 Å². The van der Waals surface area contributed by atoms with E-state index in [9.17, 15) is 0 Å². The molecule has 3 nitrogen and oxygen atoms in total. The number of hydrogen-bond donors (Lipinski definition) is 1. The quantitative estimate of drug-likeness (QED) is 0.865. The highest BCUT2D eigenvalue weighted by atomic mass is 35.5. The summed E-state index contributed by atoms with van der Waals surface area (Å²) < 4.78 is 5.63. The zero-order valence-electron chi connectivity index (χ0n) is 11.8. The molecule has 1 aromatic rings. The van der Waals surface area contributed by atoms with Crippen molar-refractivity contribution >= 4 is 12.4 Å². The monoisotopic (exact) mass is 272 g/mol. The summed E-state index contributed by atoms with van der Waals surface area (Å²) in [7, 11) is 4.14. The van der Waals surface area contributed by atoms with E-state index in [0.717, 1.165) is 18.7 Å². The van der Waals surface area contributed by atoms with Gasteiger partial charge in [-0.15, -0.1) is 12.4 Å². The van der Waals surface area contributed by atoms with Crippen LogP contribution < -0.4 is 10.5 Å². The summed E-state index contributed by atoms with van der Waals surface area (Å²) in [5, 5.41) is 0. The maximum Gasteiger partial charge on any atom is 0.122 e. The van der Waals surface area contributed by atoms with Crippen LogP contribution in [0.1, 0.15) is 25.0 Å². The van der Waals surface area contributed by atoms with Crippen LogP contribution in [-0.2, 0) is 13.0 Å². The Balaban J connectivity index is 0.00000289. The number of nitrogens with two attached hydrogens (primary N) is 1. The third kappa shape index (κ3) is 5.71. The predicted octanol–water partition coefficient (Wildman–Crippen LogP) is 2.46. The molecule has 104 valence electrons. The molecule has 1 aromatic carbocycles. The van der Waals surface area contributed by atoms with Crippen molar-refractivity contribution in [1.82, 2.24) is 4.90 Å². The fourth-order valence-electron chi connectivity index (χ4n) is 1.90. The Morgan fingerprint density at radius 2 is 2.00 bits per heavy atom. The lowest BCUT2D eigenvalue weighted by molar-refractivity contribution is 0.335. The van der Waals surface area contributed by atoms with Gasteiger partial charge in [-0.3, -0.25) is 0 Å². The number of nitrogens with zero attached hydrogens (tertiary/aromatic N) is 1. The molecule has 0 aliphatic rings. The molecule has 0 radical (unpaired) electrons. The van der Waals surface area contributed by atoms with E-state index in [1.54, 1.807) is 0 Å². The van der Waals surface area contributed by atoms with Crippen molar-refractivity contribution in [2.75, 3.05) is 20.7 Å². The van der Waals surface area contributed by atoms with Crippen LogP contribution in [0.5, 0.6) is 5.75 Å². The van der Waals surface area contributed by atoms with Crippen LogP contribution in [0.15, 0.2) is 18.2 Å². The van der Waals surface area contributed by atoms with Crippen LogP contribution in [0.2, 0.25) is 0 Å². The molecule has 1 rings (SSSR count). The molecule has 1 unspecified atom stereocenters. The molecule has 0 aliphatic heterocycles. The summed E-state index contributed by atoms with van der Waals surface area (Å²) in [5.41, 5.74) is 8.38. The van der Waals surface area contributed by atoms with Crippen molar-refractivity contribution in [2.24, 2.45) is 5.73 Å². The number of rotatable bonds is 6. The average molecular weight is 273 g/mol. The van der Waals surface area contributed by atoms with Crippen LogP contribution in [0.3, 0.4) is 0 Å². The maximum absolute atomic E-state index is 5.87. The molecule has 2 N–H and O–H groups in total. The van der Waals surface area contributed by atoms with Gasteiger partial charge in [0.2, 0.25) is 0 Å². The fourth-order valence-corrected chi connectivity index (χ4v) is 1.90. The number of benzene rings is 1. The molecule has 4 heteroatoms. The van der Waals surface area contributed by atoms with Crippen LogP contribution in [0.25, 0.3) is 0 Å². The SMILES string of the molecule is CCOc1ccc(CN(C)C)cc1CC(C)N.Cl. The highest BCUT2D eigenvalue weighted by Gasteiger charge is 2.07. The second-order valence-corrected chi connectivity index (χ2v) is 4.79. The molecule has 1 atom stereocenters. The van der Waals surface area contributed by atoms with Crippen molar-refractivity contribution in [3.8, 4) is 5.75 Å². The fraction of sp³-hybridized carbons (Fsp3) is 0.571. The van der Waals surface area contributed by atoms with E-state index in [1.807, 2.05) is 13.8 Å². The summed E-state index contributed by atoms with van der Waals surface area (Å²) in [6.45, 7) is 5.66. The highest BCUT2D eigenvalue weighted by molar-refractivity contribution is 5.85. The van der Waals surface area contributed by atoms with E-state index < -0.39 is 0 Å². The van der Waals surface area contributed by atoms with Crippen LogP contribution in [0, 0.1) is 0 Å². The van der Waals surface area contributed by atoms with E-state index in [1.165, 1.54) is 11.1 Å². The second kappa shape index (κ2) is 8.35. The van der Waals surface area contributed by atoms with Gasteiger partial charge in [-0.2, -0.15) is 0 Å². The Kier molecular flexibility index (Phi) is 8.00. The smallest absolute Gasteiger partial charge is 0.122 e. The van der Waals surface area contributed by atoms with Gasteiger partial charge in [-0.25, -0.2) is 0 Å². The van der Waals surface area contributed by atoms with E-state index in [0.29, 0.717) is 6.61 Å². The predicted molar refractivity (Wildman–Crippen MR) is 79.6 cm³/mol. The van der Waals surface area contributed by atoms with Gasteiger partial charge in [0, 0.05) is 12.6 Å². The minimum Gasteiger partial charge on any atom is -0.494 e.